The summed E-state index contributed by atoms with van der Waals surface area (Å²) in [5.41, 5.74) is 0.944. The zero-order chi connectivity index (χ0) is 14.1. The Morgan fingerprint density at radius 1 is 1.20 bits per heavy atom. The summed E-state index contributed by atoms with van der Waals surface area (Å²) in [6, 6.07) is 9.71. The lowest BCUT2D eigenvalue weighted by molar-refractivity contribution is -0.348. The van der Waals surface area contributed by atoms with Crippen molar-refractivity contribution >= 4 is 0 Å². The van der Waals surface area contributed by atoms with Gasteiger partial charge in [0.25, 0.3) is 0 Å². The lowest BCUT2D eigenvalue weighted by Crippen LogP contribution is -2.58. The van der Waals surface area contributed by atoms with E-state index in [0.717, 1.165) is 5.56 Å². The Labute approximate surface area is 118 Å². The Balaban J connectivity index is 1.74. The minimum Gasteiger partial charge on any atom is -0.390 e. The molecule has 2 fully saturated rings. The molecule has 5 nitrogen and oxygen atoms in total. The SMILES string of the molecule is CO[C@@H]1OC2COC(c3ccccc3)O[C@@H]2C(O)C1C. The van der Waals surface area contributed by atoms with Crippen molar-refractivity contribution in [1.29, 1.82) is 0 Å². The largest absolute Gasteiger partial charge is 0.390 e. The van der Waals surface area contributed by atoms with Crippen molar-refractivity contribution in [2.75, 3.05) is 13.7 Å². The molecule has 1 aromatic rings. The zero-order valence-electron chi connectivity index (χ0n) is 11.6. The van der Waals surface area contributed by atoms with Crippen LogP contribution in [0.5, 0.6) is 0 Å². The first-order valence-corrected chi connectivity index (χ1v) is 6.89. The van der Waals surface area contributed by atoms with E-state index >= 15 is 0 Å². The minimum atomic E-state index is -0.631. The normalized spacial score (nSPS) is 41.1. The summed E-state index contributed by atoms with van der Waals surface area (Å²) in [6.07, 6.45) is -2.20. The van der Waals surface area contributed by atoms with Crippen molar-refractivity contribution in [2.45, 2.75) is 37.8 Å². The van der Waals surface area contributed by atoms with Crippen LogP contribution in [0.4, 0.5) is 0 Å². The quantitative estimate of drug-likeness (QED) is 0.889. The number of benzene rings is 1. The number of aliphatic hydroxyl groups excluding tert-OH is 1. The lowest BCUT2D eigenvalue weighted by atomic mass is 9.91. The molecule has 0 spiro atoms. The molecule has 2 saturated heterocycles. The number of ether oxygens (including phenoxy) is 4. The van der Waals surface area contributed by atoms with Crippen LogP contribution < -0.4 is 0 Å². The van der Waals surface area contributed by atoms with E-state index in [0.29, 0.717) is 6.61 Å². The molecule has 3 rings (SSSR count). The molecule has 0 bridgehead atoms. The monoisotopic (exact) mass is 280 g/mol. The molecule has 2 aliphatic rings. The number of hydrogen-bond acceptors (Lipinski definition) is 5. The maximum Gasteiger partial charge on any atom is 0.184 e. The van der Waals surface area contributed by atoms with Gasteiger partial charge in [-0.1, -0.05) is 37.3 Å². The highest BCUT2D eigenvalue weighted by Gasteiger charge is 2.47. The number of hydrogen-bond donors (Lipinski definition) is 1. The van der Waals surface area contributed by atoms with Gasteiger partial charge in [0.15, 0.2) is 12.6 Å². The van der Waals surface area contributed by atoms with Crippen LogP contribution in [0.25, 0.3) is 0 Å². The number of fused-ring (bicyclic) bond motifs is 1. The Bertz CT molecular complexity index is 435. The van der Waals surface area contributed by atoms with E-state index < -0.39 is 24.8 Å². The standard InChI is InChI=1S/C15H20O5/c1-9-12(16)13-11(19-14(9)17-2)8-18-15(20-13)10-6-4-3-5-7-10/h3-7,9,11-16H,8H2,1-2H3/t9?,11?,12?,13-,14+,15?/m0/s1. The van der Waals surface area contributed by atoms with Crippen LogP contribution in [0.2, 0.25) is 0 Å². The van der Waals surface area contributed by atoms with E-state index in [1.165, 1.54) is 0 Å². The molecular formula is C15H20O5. The van der Waals surface area contributed by atoms with Crippen LogP contribution in [0, 0.1) is 5.92 Å². The number of methoxy groups -OCH3 is 1. The molecular weight excluding hydrogens is 260 g/mol. The van der Waals surface area contributed by atoms with Gasteiger partial charge in [-0.15, -0.1) is 0 Å². The molecule has 0 saturated carbocycles. The van der Waals surface area contributed by atoms with Gasteiger partial charge < -0.3 is 24.1 Å². The highest BCUT2D eigenvalue weighted by Crippen LogP contribution is 2.36. The fraction of sp³-hybridized carbons (Fsp3) is 0.600. The van der Waals surface area contributed by atoms with Crippen molar-refractivity contribution in [3.63, 3.8) is 0 Å². The first-order valence-electron chi connectivity index (χ1n) is 6.89. The third-order valence-corrected chi connectivity index (χ3v) is 3.98. The van der Waals surface area contributed by atoms with Gasteiger partial charge in [0.05, 0.1) is 12.7 Å². The van der Waals surface area contributed by atoms with Crippen molar-refractivity contribution in [3.05, 3.63) is 35.9 Å². The molecule has 4 unspecified atom stereocenters. The van der Waals surface area contributed by atoms with Gasteiger partial charge in [-0.05, 0) is 0 Å². The topological polar surface area (TPSA) is 57.2 Å². The van der Waals surface area contributed by atoms with E-state index in [2.05, 4.69) is 0 Å². The predicted molar refractivity (Wildman–Crippen MR) is 70.8 cm³/mol. The molecule has 1 aromatic carbocycles. The van der Waals surface area contributed by atoms with Gasteiger partial charge in [-0.2, -0.15) is 0 Å². The van der Waals surface area contributed by atoms with E-state index in [-0.39, 0.29) is 12.0 Å². The van der Waals surface area contributed by atoms with Gasteiger partial charge in [0, 0.05) is 18.6 Å². The molecule has 0 aromatic heterocycles. The van der Waals surface area contributed by atoms with Crippen molar-refractivity contribution in [1.82, 2.24) is 0 Å². The van der Waals surface area contributed by atoms with Gasteiger partial charge in [0.1, 0.15) is 12.2 Å². The molecule has 0 radical (unpaired) electrons. The molecule has 5 heteroatoms. The van der Waals surface area contributed by atoms with E-state index in [9.17, 15) is 5.11 Å². The summed E-state index contributed by atoms with van der Waals surface area (Å²) in [7, 11) is 1.57. The summed E-state index contributed by atoms with van der Waals surface area (Å²) in [5, 5.41) is 10.4. The van der Waals surface area contributed by atoms with Gasteiger partial charge in [-0.3, -0.25) is 0 Å². The van der Waals surface area contributed by atoms with E-state index in [1.54, 1.807) is 7.11 Å². The molecule has 2 heterocycles. The van der Waals surface area contributed by atoms with E-state index in [4.69, 9.17) is 18.9 Å². The van der Waals surface area contributed by atoms with Crippen molar-refractivity contribution < 1.29 is 24.1 Å². The summed E-state index contributed by atoms with van der Waals surface area (Å²) in [6.45, 7) is 2.28. The zero-order valence-corrected chi connectivity index (χ0v) is 11.6. The average Bonchev–Trinajstić information content (AvgIpc) is 2.51. The lowest BCUT2D eigenvalue weighted by Gasteiger charge is -2.46. The Morgan fingerprint density at radius 2 is 1.95 bits per heavy atom. The average molecular weight is 280 g/mol. The summed E-state index contributed by atoms with van der Waals surface area (Å²) < 4.78 is 22.6. The summed E-state index contributed by atoms with van der Waals surface area (Å²) in [4.78, 5) is 0. The van der Waals surface area contributed by atoms with Crippen LogP contribution in [-0.4, -0.2) is 43.4 Å². The van der Waals surface area contributed by atoms with Crippen LogP contribution in [0.1, 0.15) is 18.8 Å². The maximum absolute atomic E-state index is 10.4. The van der Waals surface area contributed by atoms with Crippen LogP contribution in [-0.2, 0) is 18.9 Å². The Hall–Kier alpha value is -0.980. The fourth-order valence-electron chi connectivity index (χ4n) is 2.78. The van der Waals surface area contributed by atoms with Gasteiger partial charge in [0.2, 0.25) is 0 Å². The third kappa shape index (κ3) is 2.47. The fourth-order valence-corrected chi connectivity index (χ4v) is 2.78. The van der Waals surface area contributed by atoms with Crippen LogP contribution in [0.3, 0.4) is 0 Å². The second-order valence-electron chi connectivity index (χ2n) is 5.30. The Kier molecular flexibility index (Phi) is 4.05. The molecule has 0 aliphatic carbocycles. The molecule has 6 atom stereocenters. The number of aliphatic hydroxyl groups is 1. The molecule has 2 aliphatic heterocycles. The minimum absolute atomic E-state index is 0.143. The maximum atomic E-state index is 10.4. The smallest absolute Gasteiger partial charge is 0.184 e. The van der Waals surface area contributed by atoms with Gasteiger partial charge >= 0.3 is 0 Å². The highest BCUT2D eigenvalue weighted by molar-refractivity contribution is 5.16. The summed E-state index contributed by atoms with van der Waals surface area (Å²) in [5.74, 6) is -0.143. The first kappa shape index (κ1) is 14.0. The van der Waals surface area contributed by atoms with E-state index in [1.807, 2.05) is 37.3 Å². The molecule has 1 N–H and O–H groups in total. The highest BCUT2D eigenvalue weighted by atomic mass is 16.7. The second-order valence-corrected chi connectivity index (χ2v) is 5.30. The van der Waals surface area contributed by atoms with Crippen LogP contribution >= 0.6 is 0 Å². The Morgan fingerprint density at radius 3 is 2.65 bits per heavy atom. The van der Waals surface area contributed by atoms with Crippen molar-refractivity contribution in [2.24, 2.45) is 5.92 Å². The van der Waals surface area contributed by atoms with Crippen molar-refractivity contribution in [3.8, 4) is 0 Å². The van der Waals surface area contributed by atoms with Crippen LogP contribution in [0.15, 0.2) is 30.3 Å². The predicted octanol–water partition coefficient (Wildman–Crippen LogP) is 1.47. The number of rotatable bonds is 2. The summed E-state index contributed by atoms with van der Waals surface area (Å²) >= 11 is 0. The molecule has 110 valence electrons. The first-order chi connectivity index (χ1) is 9.70. The third-order valence-electron chi connectivity index (χ3n) is 3.98. The molecule has 0 amide bonds. The molecule has 20 heavy (non-hydrogen) atoms. The van der Waals surface area contributed by atoms with Gasteiger partial charge in [-0.25, -0.2) is 0 Å². The second kappa shape index (κ2) is 5.79.